The van der Waals surface area contributed by atoms with Gasteiger partial charge in [-0.05, 0) is 6.92 Å². The summed E-state index contributed by atoms with van der Waals surface area (Å²) in [7, 11) is 3.41. The van der Waals surface area contributed by atoms with E-state index in [0.717, 1.165) is 35.2 Å². The highest BCUT2D eigenvalue weighted by molar-refractivity contribution is 8.00. The molecule has 2 amide bonds. The molecule has 4 atom stereocenters. The summed E-state index contributed by atoms with van der Waals surface area (Å²) in [5.74, 6) is -2.07. The van der Waals surface area contributed by atoms with Gasteiger partial charge in [-0.25, -0.2) is 4.98 Å². The third kappa shape index (κ3) is 4.20. The molecule has 4 rings (SSSR count). The molecule has 33 heavy (non-hydrogen) atoms. The van der Waals surface area contributed by atoms with E-state index in [1.807, 2.05) is 0 Å². The minimum Gasteiger partial charge on any atom is -0.543 e. The van der Waals surface area contributed by atoms with Crippen molar-refractivity contribution in [2.75, 3.05) is 38.7 Å². The number of anilines is 1. The molecule has 3 unspecified atom stereocenters. The van der Waals surface area contributed by atoms with Crippen LogP contribution in [0.15, 0.2) is 21.8 Å². The van der Waals surface area contributed by atoms with E-state index < -0.39 is 29.2 Å². The Hall–Kier alpha value is -2.64. The van der Waals surface area contributed by atoms with Gasteiger partial charge in [0, 0.05) is 29.5 Å². The van der Waals surface area contributed by atoms with Crippen molar-refractivity contribution in [3.05, 3.63) is 22.3 Å². The average Bonchev–Trinajstić information content (AvgIpc) is 3.34. The zero-order valence-corrected chi connectivity index (χ0v) is 20.2. The predicted octanol–water partition coefficient (Wildman–Crippen LogP) is -0.891. The fourth-order valence-electron chi connectivity index (χ4n) is 4.65. The summed E-state index contributed by atoms with van der Waals surface area (Å²) in [4.78, 5) is 47.9. The molecular weight excluding hydrogens is 468 g/mol. The summed E-state index contributed by atoms with van der Waals surface area (Å²) in [5, 5.41) is 19.7. The molecule has 0 bridgehead atoms. The number of oxime groups is 1. The maximum Gasteiger partial charge on any atom is 0.276 e. The van der Waals surface area contributed by atoms with E-state index in [-0.39, 0.29) is 22.2 Å². The van der Waals surface area contributed by atoms with Crippen molar-refractivity contribution >= 4 is 51.7 Å². The van der Waals surface area contributed by atoms with Crippen LogP contribution >= 0.6 is 23.1 Å². The third-order valence-electron chi connectivity index (χ3n) is 6.60. The van der Waals surface area contributed by atoms with Crippen molar-refractivity contribution < 1.29 is 28.8 Å². The van der Waals surface area contributed by atoms with Gasteiger partial charge >= 0.3 is 0 Å². The molecule has 3 aliphatic heterocycles. The number of carbonyl (C=O) groups is 3. The number of quaternary nitrogens is 1. The molecular formula is C20H26N6O5S2. The summed E-state index contributed by atoms with van der Waals surface area (Å²) in [6.45, 7) is 3.69. The monoisotopic (exact) mass is 494 g/mol. The van der Waals surface area contributed by atoms with Gasteiger partial charge in [0.05, 0.1) is 31.3 Å². The number of β-lactam (4-membered cyclic amide) rings is 1. The molecule has 0 aromatic carbocycles. The van der Waals surface area contributed by atoms with Crippen LogP contribution in [0.5, 0.6) is 0 Å². The first-order valence-electron chi connectivity index (χ1n) is 10.5. The number of hydrogen-bond donors (Lipinski definition) is 2. The number of nitrogens with two attached hydrogens (primary N) is 1. The summed E-state index contributed by atoms with van der Waals surface area (Å²) in [5.41, 5.74) is 6.39. The lowest BCUT2D eigenvalue weighted by Crippen LogP contribution is -2.72. The Morgan fingerprint density at radius 2 is 2.24 bits per heavy atom. The molecule has 1 aromatic rings. The van der Waals surface area contributed by atoms with Crippen LogP contribution in [-0.2, 0) is 19.2 Å². The fraction of sp³-hybridized carbons (Fsp3) is 0.550. The van der Waals surface area contributed by atoms with Crippen molar-refractivity contribution in [2.45, 2.75) is 37.2 Å². The Morgan fingerprint density at radius 1 is 1.48 bits per heavy atom. The largest absolute Gasteiger partial charge is 0.543 e. The van der Waals surface area contributed by atoms with Crippen molar-refractivity contribution in [2.24, 2.45) is 5.16 Å². The van der Waals surface area contributed by atoms with Crippen LogP contribution < -0.4 is 16.2 Å². The van der Waals surface area contributed by atoms with Crippen molar-refractivity contribution in [1.29, 1.82) is 0 Å². The Labute approximate surface area is 199 Å². The standard InChI is InChI=1S/C20H26N6O5S2/c1-10-5-4-6-26(10,2)7-11-8-32-18-14(17(28)25(18)15(11)19(29)30)23-16(27)13(24-31-3)12-9-33-20(21)22-12/h9-10,14,18H,4-8H2,1-3H3,(H3-,21,22,23,27,29,30)/b24-13-/t10?,14?,18-,26?/m0/s1. The van der Waals surface area contributed by atoms with Gasteiger partial charge in [0.2, 0.25) is 0 Å². The van der Waals surface area contributed by atoms with E-state index in [1.54, 1.807) is 5.38 Å². The Morgan fingerprint density at radius 3 is 2.82 bits per heavy atom. The maximum atomic E-state index is 13.0. The van der Waals surface area contributed by atoms with Crippen LogP contribution in [0.2, 0.25) is 0 Å². The molecule has 2 fully saturated rings. The second kappa shape index (κ2) is 8.95. The van der Waals surface area contributed by atoms with Gasteiger partial charge < -0.3 is 30.3 Å². The number of carboxylic acid groups (broad SMARTS) is 1. The second-order valence-corrected chi connectivity index (χ2v) is 10.6. The Kier molecular flexibility index (Phi) is 6.38. The quantitative estimate of drug-likeness (QED) is 0.214. The molecule has 1 aromatic heterocycles. The minimum atomic E-state index is -1.37. The number of rotatable bonds is 7. The second-order valence-electron chi connectivity index (χ2n) is 8.65. The number of nitrogens with zero attached hydrogens (tertiary/aromatic N) is 4. The van der Waals surface area contributed by atoms with Crippen LogP contribution in [0.1, 0.15) is 25.5 Å². The van der Waals surface area contributed by atoms with Gasteiger partial charge in [0.15, 0.2) is 10.8 Å². The number of carboxylic acids is 1. The van der Waals surface area contributed by atoms with Gasteiger partial charge in [0.1, 0.15) is 30.8 Å². The Bertz CT molecular complexity index is 1060. The molecule has 3 N–H and O–H groups in total. The molecule has 4 heterocycles. The van der Waals surface area contributed by atoms with Gasteiger partial charge in [-0.3, -0.25) is 14.5 Å². The predicted molar refractivity (Wildman–Crippen MR) is 122 cm³/mol. The first-order chi connectivity index (χ1) is 15.7. The highest BCUT2D eigenvalue weighted by Gasteiger charge is 2.54. The van der Waals surface area contributed by atoms with Gasteiger partial charge in [-0.1, -0.05) is 5.16 Å². The number of nitrogens with one attached hydrogen (secondary N) is 1. The lowest BCUT2D eigenvalue weighted by Gasteiger charge is -2.51. The van der Waals surface area contributed by atoms with Crippen LogP contribution in [0.4, 0.5) is 5.13 Å². The number of likely N-dealkylation sites (tertiary alicyclic amines) is 1. The van der Waals surface area contributed by atoms with E-state index in [0.29, 0.717) is 23.9 Å². The molecule has 0 aliphatic carbocycles. The van der Waals surface area contributed by atoms with Crippen LogP contribution in [-0.4, -0.2) is 88.3 Å². The molecule has 11 nitrogen and oxygen atoms in total. The van der Waals surface area contributed by atoms with E-state index >= 15 is 0 Å². The molecule has 2 saturated heterocycles. The van der Waals surface area contributed by atoms with Gasteiger partial charge in [-0.15, -0.1) is 23.1 Å². The third-order valence-corrected chi connectivity index (χ3v) is 8.61. The van der Waals surface area contributed by atoms with Crippen LogP contribution in [0, 0.1) is 0 Å². The van der Waals surface area contributed by atoms with Crippen molar-refractivity contribution in [3.63, 3.8) is 0 Å². The number of aliphatic carboxylic acids is 1. The molecule has 178 valence electrons. The zero-order chi connectivity index (χ0) is 23.9. The number of thioether (sulfide) groups is 1. The van der Waals surface area contributed by atoms with E-state index in [1.165, 1.54) is 23.8 Å². The maximum absolute atomic E-state index is 13.0. The number of likely N-dealkylation sites (N-methyl/N-ethyl adjacent to an activating group) is 1. The molecule has 3 aliphatic rings. The lowest BCUT2D eigenvalue weighted by atomic mass is 10.0. The van der Waals surface area contributed by atoms with Gasteiger partial charge in [-0.2, -0.15) is 0 Å². The SMILES string of the molecule is CO/N=C(\C(=O)NC1C(=O)N2C(C(=O)[O-])=C(C[N+]3(C)CCCC3C)CS[C@@H]12)c1csc(N)n1. The lowest BCUT2D eigenvalue weighted by molar-refractivity contribution is -0.914. The minimum absolute atomic E-state index is 0.0641. The highest BCUT2D eigenvalue weighted by atomic mass is 32.2. The number of fused-ring (bicyclic) bond motifs is 1. The summed E-state index contributed by atoms with van der Waals surface area (Å²) in [6.07, 6.45) is 2.18. The van der Waals surface area contributed by atoms with E-state index in [2.05, 4.69) is 29.4 Å². The van der Waals surface area contributed by atoms with Crippen molar-refractivity contribution in [3.8, 4) is 0 Å². The first kappa shape index (κ1) is 23.5. The number of aromatic nitrogens is 1. The number of hydrogen-bond acceptors (Lipinski definition) is 10. The number of carbonyl (C=O) groups excluding carboxylic acids is 3. The van der Waals surface area contributed by atoms with E-state index in [4.69, 9.17) is 10.6 Å². The zero-order valence-electron chi connectivity index (χ0n) is 18.6. The first-order valence-corrected chi connectivity index (χ1v) is 12.4. The number of thiazole rings is 1. The summed E-state index contributed by atoms with van der Waals surface area (Å²) >= 11 is 2.57. The fourth-order valence-corrected chi connectivity index (χ4v) is 6.53. The normalized spacial score (nSPS) is 29.5. The average molecular weight is 495 g/mol. The smallest absolute Gasteiger partial charge is 0.276 e. The van der Waals surface area contributed by atoms with E-state index in [9.17, 15) is 19.5 Å². The summed E-state index contributed by atoms with van der Waals surface area (Å²) in [6, 6.07) is -0.479. The molecule has 0 saturated carbocycles. The van der Waals surface area contributed by atoms with Gasteiger partial charge in [0.25, 0.3) is 11.8 Å². The topological polar surface area (TPSA) is 150 Å². The molecule has 0 radical (unpaired) electrons. The van der Waals surface area contributed by atoms with Crippen LogP contribution in [0.25, 0.3) is 0 Å². The van der Waals surface area contributed by atoms with Crippen molar-refractivity contribution in [1.82, 2.24) is 15.2 Å². The molecule has 13 heteroatoms. The summed E-state index contributed by atoms with van der Waals surface area (Å²) < 4.78 is 0.743. The van der Waals surface area contributed by atoms with Crippen LogP contribution in [0.3, 0.4) is 0 Å². The highest BCUT2D eigenvalue weighted by Crippen LogP contribution is 2.41. The Balaban J connectivity index is 1.53. The number of amides is 2. The number of nitrogen functional groups attached to an aromatic ring is 1. The molecule has 0 spiro atoms.